The molecule has 0 fully saturated rings. The average Bonchev–Trinajstić information content (AvgIpc) is 2.29. The van der Waals surface area contributed by atoms with Crippen molar-refractivity contribution in [3.63, 3.8) is 0 Å². The minimum absolute atomic E-state index is 0.171. The Balaban J connectivity index is 2.73. The van der Waals surface area contributed by atoms with Crippen LogP contribution in [0.4, 0.5) is 0 Å². The minimum atomic E-state index is -0.171. The lowest BCUT2D eigenvalue weighted by atomic mass is 9.98. The van der Waals surface area contributed by atoms with Gasteiger partial charge in [0, 0.05) is 23.7 Å². The highest BCUT2D eigenvalue weighted by molar-refractivity contribution is 9.10. The first-order valence-corrected chi connectivity index (χ1v) is 6.73. The van der Waals surface area contributed by atoms with Gasteiger partial charge in [-0.25, -0.2) is 0 Å². The van der Waals surface area contributed by atoms with E-state index in [-0.39, 0.29) is 17.7 Å². The molecule has 0 bridgehead atoms. The molecule has 1 aromatic carbocycles. The van der Waals surface area contributed by atoms with Crippen LogP contribution in [0.2, 0.25) is 0 Å². The summed E-state index contributed by atoms with van der Waals surface area (Å²) in [5, 5.41) is 3.57. The summed E-state index contributed by atoms with van der Waals surface area (Å²) in [6.07, 6.45) is 0. The Kier molecular flexibility index (Phi) is 5.17. The Morgan fingerprint density at radius 1 is 1.24 bits per heavy atom. The average molecular weight is 300 g/mol. The molecule has 2 unspecified atom stereocenters. The van der Waals surface area contributed by atoms with Crippen LogP contribution < -0.4 is 5.32 Å². The van der Waals surface area contributed by atoms with Crippen LogP contribution in [0.1, 0.15) is 39.3 Å². The van der Waals surface area contributed by atoms with E-state index < -0.39 is 0 Å². The second-order valence-electron chi connectivity index (χ2n) is 4.94. The van der Waals surface area contributed by atoms with Crippen LogP contribution in [0.5, 0.6) is 0 Å². The van der Waals surface area contributed by atoms with Gasteiger partial charge in [0.2, 0.25) is 0 Å². The lowest BCUT2D eigenvalue weighted by molar-refractivity contribution is -0.00766. The second-order valence-corrected chi connectivity index (χ2v) is 5.79. The number of hydrogen-bond acceptors (Lipinski definition) is 2. The van der Waals surface area contributed by atoms with Crippen LogP contribution in [0.3, 0.4) is 0 Å². The van der Waals surface area contributed by atoms with Crippen LogP contribution in [0, 0.1) is 0 Å². The van der Waals surface area contributed by atoms with Crippen molar-refractivity contribution in [2.45, 2.75) is 45.4 Å². The first-order chi connectivity index (χ1) is 7.88. The Labute approximate surface area is 113 Å². The van der Waals surface area contributed by atoms with E-state index in [9.17, 15) is 0 Å². The van der Waals surface area contributed by atoms with Gasteiger partial charge in [0.25, 0.3) is 0 Å². The maximum absolute atomic E-state index is 5.49. The molecule has 0 spiro atoms. The molecule has 2 atom stereocenters. The van der Waals surface area contributed by atoms with Crippen molar-refractivity contribution in [1.82, 2.24) is 5.32 Å². The smallest absolute Gasteiger partial charge is 0.0772 e. The van der Waals surface area contributed by atoms with Crippen molar-refractivity contribution < 1.29 is 4.74 Å². The Bertz CT molecular complexity index is 365. The predicted octanol–water partition coefficient (Wildman–Crippen LogP) is 3.91. The molecule has 2 nitrogen and oxygen atoms in total. The van der Waals surface area contributed by atoms with E-state index in [1.807, 2.05) is 6.07 Å². The normalized spacial score (nSPS) is 15.6. The number of methoxy groups -OCH3 is 1. The predicted molar refractivity (Wildman–Crippen MR) is 76.2 cm³/mol. The molecule has 0 aliphatic heterocycles. The van der Waals surface area contributed by atoms with Crippen molar-refractivity contribution in [2.75, 3.05) is 7.11 Å². The fraction of sp³-hybridized carbons (Fsp3) is 0.571. The SMILES string of the molecule is COC(C)(C)C(C)NC(C)c1ccccc1Br. The zero-order chi connectivity index (χ0) is 13.1. The zero-order valence-corrected chi connectivity index (χ0v) is 12.8. The number of nitrogens with one attached hydrogen (secondary N) is 1. The van der Waals surface area contributed by atoms with Gasteiger partial charge < -0.3 is 10.1 Å². The number of hydrogen-bond donors (Lipinski definition) is 1. The van der Waals surface area contributed by atoms with Crippen LogP contribution in [0.25, 0.3) is 0 Å². The highest BCUT2D eigenvalue weighted by Crippen LogP contribution is 2.24. The molecule has 1 aromatic rings. The first-order valence-electron chi connectivity index (χ1n) is 5.94. The second kappa shape index (κ2) is 5.98. The fourth-order valence-electron chi connectivity index (χ4n) is 1.67. The molecule has 96 valence electrons. The molecule has 0 radical (unpaired) electrons. The van der Waals surface area contributed by atoms with Gasteiger partial charge in [-0.1, -0.05) is 34.1 Å². The summed E-state index contributed by atoms with van der Waals surface area (Å²) in [5.41, 5.74) is 1.10. The van der Waals surface area contributed by atoms with Gasteiger partial charge in [-0.05, 0) is 39.3 Å². The lowest BCUT2D eigenvalue weighted by Gasteiger charge is -2.33. The third-order valence-corrected chi connectivity index (χ3v) is 4.16. The molecule has 0 heterocycles. The zero-order valence-electron chi connectivity index (χ0n) is 11.3. The minimum Gasteiger partial charge on any atom is -0.377 e. The molecule has 17 heavy (non-hydrogen) atoms. The lowest BCUT2D eigenvalue weighted by Crippen LogP contribution is -2.46. The molecule has 0 saturated carbocycles. The maximum atomic E-state index is 5.49. The van der Waals surface area contributed by atoms with Crippen LogP contribution >= 0.6 is 15.9 Å². The van der Waals surface area contributed by atoms with Gasteiger partial charge in [0.05, 0.1) is 5.60 Å². The van der Waals surface area contributed by atoms with Crippen LogP contribution in [-0.2, 0) is 4.74 Å². The van der Waals surface area contributed by atoms with Gasteiger partial charge in [-0.2, -0.15) is 0 Å². The highest BCUT2D eigenvalue weighted by Gasteiger charge is 2.26. The topological polar surface area (TPSA) is 21.3 Å². The molecule has 0 aromatic heterocycles. The Morgan fingerprint density at radius 2 is 1.82 bits per heavy atom. The largest absolute Gasteiger partial charge is 0.377 e. The standard InChI is InChI=1S/C14H22BrNO/c1-10(12-8-6-7-9-13(12)15)16-11(2)14(3,4)17-5/h6-11,16H,1-5H3. The van der Waals surface area contributed by atoms with Gasteiger partial charge >= 0.3 is 0 Å². The summed E-state index contributed by atoms with van der Waals surface area (Å²) in [6, 6.07) is 8.85. The summed E-state index contributed by atoms with van der Waals surface area (Å²) >= 11 is 3.58. The fourth-order valence-corrected chi connectivity index (χ4v) is 2.30. The summed E-state index contributed by atoms with van der Waals surface area (Å²) in [6.45, 7) is 8.51. The van der Waals surface area contributed by atoms with Crippen molar-refractivity contribution in [3.05, 3.63) is 34.3 Å². The van der Waals surface area contributed by atoms with Gasteiger partial charge in [0.15, 0.2) is 0 Å². The van der Waals surface area contributed by atoms with Gasteiger partial charge in [0.1, 0.15) is 0 Å². The maximum Gasteiger partial charge on any atom is 0.0772 e. The molecule has 0 amide bonds. The van der Waals surface area contributed by atoms with Crippen molar-refractivity contribution in [3.8, 4) is 0 Å². The summed E-state index contributed by atoms with van der Waals surface area (Å²) in [7, 11) is 1.75. The van der Waals surface area contributed by atoms with E-state index in [1.165, 1.54) is 5.56 Å². The van der Waals surface area contributed by atoms with E-state index in [0.717, 1.165) is 4.47 Å². The number of halogens is 1. The Hall–Kier alpha value is -0.380. The molecular weight excluding hydrogens is 278 g/mol. The number of benzene rings is 1. The molecule has 0 aliphatic rings. The third-order valence-electron chi connectivity index (χ3n) is 3.44. The molecule has 0 saturated heterocycles. The summed E-state index contributed by atoms with van der Waals surface area (Å²) in [4.78, 5) is 0. The van der Waals surface area contributed by atoms with E-state index in [1.54, 1.807) is 7.11 Å². The molecule has 0 aliphatic carbocycles. The highest BCUT2D eigenvalue weighted by atomic mass is 79.9. The van der Waals surface area contributed by atoms with Gasteiger partial charge in [-0.3, -0.25) is 0 Å². The van der Waals surface area contributed by atoms with E-state index >= 15 is 0 Å². The molecule has 1 N–H and O–H groups in total. The molecular formula is C14H22BrNO. The number of rotatable bonds is 5. The summed E-state index contributed by atoms with van der Waals surface area (Å²) in [5.74, 6) is 0. The van der Waals surface area contributed by atoms with E-state index in [2.05, 4.69) is 67.1 Å². The monoisotopic (exact) mass is 299 g/mol. The first kappa shape index (κ1) is 14.7. The van der Waals surface area contributed by atoms with Gasteiger partial charge in [-0.15, -0.1) is 0 Å². The van der Waals surface area contributed by atoms with E-state index in [4.69, 9.17) is 4.74 Å². The quantitative estimate of drug-likeness (QED) is 0.890. The molecule has 1 rings (SSSR count). The van der Waals surface area contributed by atoms with Crippen LogP contribution in [0.15, 0.2) is 28.7 Å². The van der Waals surface area contributed by atoms with Crippen LogP contribution in [-0.4, -0.2) is 18.8 Å². The van der Waals surface area contributed by atoms with Crippen molar-refractivity contribution >= 4 is 15.9 Å². The summed E-state index contributed by atoms with van der Waals surface area (Å²) < 4.78 is 6.63. The Morgan fingerprint density at radius 3 is 2.35 bits per heavy atom. The van der Waals surface area contributed by atoms with Crippen molar-refractivity contribution in [1.29, 1.82) is 0 Å². The van der Waals surface area contributed by atoms with Crippen molar-refractivity contribution in [2.24, 2.45) is 0 Å². The third kappa shape index (κ3) is 3.80. The molecule has 3 heteroatoms. The number of ether oxygens (including phenoxy) is 1. The van der Waals surface area contributed by atoms with E-state index in [0.29, 0.717) is 0 Å².